The van der Waals surface area contributed by atoms with Crippen LogP contribution in [0.15, 0.2) is 41.1 Å². The average Bonchev–Trinajstić information content (AvgIpc) is 3.35. The number of nitrogens with zero attached hydrogens (tertiary/aromatic N) is 6. The molecule has 0 aliphatic rings. The second-order valence-corrected chi connectivity index (χ2v) is 6.35. The Labute approximate surface area is 160 Å². The Morgan fingerprint density at radius 1 is 1.21 bits per heavy atom. The molecule has 0 unspecified atom stereocenters. The monoisotopic (exact) mass is 378 g/mol. The number of rotatable bonds is 5. The minimum atomic E-state index is -0.666. The van der Waals surface area contributed by atoms with Crippen molar-refractivity contribution in [2.45, 2.75) is 33.3 Å². The van der Waals surface area contributed by atoms with Crippen LogP contribution in [-0.4, -0.2) is 35.7 Å². The molecule has 0 amide bonds. The molecular weight excluding hydrogens is 360 g/mol. The maximum Gasteiger partial charge on any atom is 0.311 e. The van der Waals surface area contributed by atoms with Gasteiger partial charge in [-0.15, -0.1) is 10.2 Å². The molecule has 1 aromatic carbocycles. The van der Waals surface area contributed by atoms with Gasteiger partial charge in [-0.25, -0.2) is 9.50 Å². The maximum absolute atomic E-state index is 12.5. The van der Waals surface area contributed by atoms with E-state index in [4.69, 9.17) is 9.15 Å². The lowest BCUT2D eigenvalue weighted by Gasteiger charge is -2.12. The maximum atomic E-state index is 12.5. The van der Waals surface area contributed by atoms with Crippen molar-refractivity contribution < 1.29 is 13.9 Å². The first kappa shape index (κ1) is 17.8. The number of hydrogen-bond acceptors (Lipinski definition) is 8. The number of esters is 1. The van der Waals surface area contributed by atoms with Gasteiger partial charge >= 0.3 is 5.97 Å². The van der Waals surface area contributed by atoms with Gasteiger partial charge in [-0.05, 0) is 32.9 Å². The molecule has 0 N–H and O–H groups in total. The Morgan fingerprint density at radius 3 is 2.79 bits per heavy atom. The summed E-state index contributed by atoms with van der Waals surface area (Å²) >= 11 is 0. The number of aryl methyl sites for hydroxylation is 2. The lowest BCUT2D eigenvalue weighted by Crippen LogP contribution is -2.15. The topological polar surface area (TPSA) is 108 Å². The lowest BCUT2D eigenvalue weighted by atomic mass is 10.1. The fraction of sp³-hybridized carbons (Fsp3) is 0.263. The summed E-state index contributed by atoms with van der Waals surface area (Å²) < 4.78 is 12.7. The normalized spacial score (nSPS) is 12.2. The molecule has 0 spiro atoms. The molecule has 0 aliphatic carbocycles. The van der Waals surface area contributed by atoms with E-state index in [-0.39, 0.29) is 12.3 Å². The van der Waals surface area contributed by atoms with Gasteiger partial charge in [-0.3, -0.25) is 4.79 Å². The van der Waals surface area contributed by atoms with Gasteiger partial charge in [0.05, 0.1) is 6.42 Å². The van der Waals surface area contributed by atoms with Crippen molar-refractivity contribution in [3.63, 3.8) is 0 Å². The Kier molecular flexibility index (Phi) is 4.56. The Bertz CT molecular complexity index is 1140. The van der Waals surface area contributed by atoms with Crippen molar-refractivity contribution in [3.8, 4) is 11.5 Å². The summed E-state index contributed by atoms with van der Waals surface area (Å²) in [7, 11) is 0. The van der Waals surface area contributed by atoms with E-state index in [0.717, 1.165) is 16.8 Å². The summed E-state index contributed by atoms with van der Waals surface area (Å²) in [5, 5.41) is 12.1. The van der Waals surface area contributed by atoms with Crippen LogP contribution in [0.1, 0.15) is 35.9 Å². The van der Waals surface area contributed by atoms with Crippen LogP contribution >= 0.6 is 0 Å². The third-order valence-electron chi connectivity index (χ3n) is 4.43. The van der Waals surface area contributed by atoms with Crippen LogP contribution in [0.25, 0.3) is 17.2 Å². The Balaban J connectivity index is 1.48. The van der Waals surface area contributed by atoms with Gasteiger partial charge in [-0.1, -0.05) is 18.2 Å². The predicted octanol–water partition coefficient (Wildman–Crippen LogP) is 2.64. The average molecular weight is 378 g/mol. The summed E-state index contributed by atoms with van der Waals surface area (Å²) in [5.74, 6) is 0.704. The Morgan fingerprint density at radius 2 is 2.00 bits per heavy atom. The van der Waals surface area contributed by atoms with Crippen molar-refractivity contribution in [2.24, 2.45) is 0 Å². The minimum absolute atomic E-state index is 0.0600. The highest BCUT2D eigenvalue weighted by Gasteiger charge is 2.21. The molecule has 4 rings (SSSR count). The highest BCUT2D eigenvalue weighted by Crippen LogP contribution is 2.23. The number of hydrogen-bond donors (Lipinski definition) is 0. The van der Waals surface area contributed by atoms with Crippen LogP contribution in [0.3, 0.4) is 0 Å². The van der Waals surface area contributed by atoms with Gasteiger partial charge in [0.2, 0.25) is 5.89 Å². The first-order valence-electron chi connectivity index (χ1n) is 8.77. The van der Waals surface area contributed by atoms with E-state index in [9.17, 15) is 4.79 Å². The van der Waals surface area contributed by atoms with Crippen molar-refractivity contribution in [3.05, 3.63) is 59.5 Å². The standard InChI is InChI=1S/C19H18N6O3/c1-11-15(12(2)25-19(22-11)20-10-21-25)9-16(26)27-13(3)17-23-24-18(28-17)14-7-5-4-6-8-14/h4-8,10,13H,9H2,1-3H3/t13-/m1/s1. The molecule has 3 heterocycles. The molecule has 0 saturated carbocycles. The lowest BCUT2D eigenvalue weighted by molar-refractivity contribution is -0.148. The van der Waals surface area contributed by atoms with Gasteiger partial charge in [0.15, 0.2) is 6.10 Å². The van der Waals surface area contributed by atoms with Crippen molar-refractivity contribution in [1.82, 2.24) is 29.8 Å². The molecule has 9 heteroatoms. The molecule has 4 aromatic rings. The quantitative estimate of drug-likeness (QED) is 0.488. The number of aromatic nitrogens is 6. The Hall–Kier alpha value is -3.62. The molecule has 0 bridgehead atoms. The van der Waals surface area contributed by atoms with Crippen molar-refractivity contribution in [1.29, 1.82) is 0 Å². The van der Waals surface area contributed by atoms with Crippen LogP contribution < -0.4 is 0 Å². The second kappa shape index (κ2) is 7.18. The van der Waals surface area contributed by atoms with Gasteiger partial charge in [0, 0.05) is 22.5 Å². The van der Waals surface area contributed by atoms with E-state index in [1.807, 2.05) is 44.2 Å². The molecule has 3 aromatic heterocycles. The zero-order valence-electron chi connectivity index (χ0n) is 15.7. The number of carbonyl (C=O) groups excluding carboxylic acids is 1. The molecule has 0 saturated heterocycles. The van der Waals surface area contributed by atoms with E-state index >= 15 is 0 Å². The van der Waals surface area contributed by atoms with Crippen LogP contribution in [-0.2, 0) is 16.0 Å². The van der Waals surface area contributed by atoms with Gasteiger partial charge in [0.1, 0.15) is 6.33 Å². The number of benzene rings is 1. The highest BCUT2D eigenvalue weighted by atomic mass is 16.6. The van der Waals surface area contributed by atoms with E-state index in [1.165, 1.54) is 6.33 Å². The zero-order chi connectivity index (χ0) is 19.7. The summed E-state index contributed by atoms with van der Waals surface area (Å²) in [6.07, 6.45) is 0.824. The third-order valence-corrected chi connectivity index (χ3v) is 4.43. The van der Waals surface area contributed by atoms with Crippen LogP contribution in [0.4, 0.5) is 0 Å². The van der Waals surface area contributed by atoms with Crippen LogP contribution in [0, 0.1) is 13.8 Å². The SMILES string of the molecule is Cc1nc2ncnn2c(C)c1CC(=O)O[C@H](C)c1nnc(-c2ccccc2)o1. The largest absolute Gasteiger partial charge is 0.452 e. The van der Waals surface area contributed by atoms with Gasteiger partial charge < -0.3 is 9.15 Å². The van der Waals surface area contributed by atoms with E-state index in [2.05, 4.69) is 25.3 Å². The van der Waals surface area contributed by atoms with Gasteiger partial charge in [0.25, 0.3) is 11.7 Å². The molecule has 0 radical (unpaired) electrons. The minimum Gasteiger partial charge on any atom is -0.452 e. The molecule has 0 aliphatic heterocycles. The first-order chi connectivity index (χ1) is 13.5. The summed E-state index contributed by atoms with van der Waals surface area (Å²) in [4.78, 5) is 20.9. The molecular formula is C19H18N6O3. The highest BCUT2D eigenvalue weighted by molar-refractivity contribution is 5.73. The van der Waals surface area contributed by atoms with E-state index in [0.29, 0.717) is 17.4 Å². The molecule has 1 atom stereocenters. The predicted molar refractivity (Wildman–Crippen MR) is 98.2 cm³/mol. The molecule has 142 valence electrons. The second-order valence-electron chi connectivity index (χ2n) is 6.35. The molecule has 0 fully saturated rings. The number of carbonyl (C=O) groups is 1. The summed E-state index contributed by atoms with van der Waals surface area (Å²) in [6, 6.07) is 9.40. The fourth-order valence-corrected chi connectivity index (χ4v) is 2.94. The van der Waals surface area contributed by atoms with E-state index < -0.39 is 12.1 Å². The summed E-state index contributed by atoms with van der Waals surface area (Å²) in [5.41, 5.74) is 3.07. The first-order valence-corrected chi connectivity index (χ1v) is 8.77. The molecule has 28 heavy (non-hydrogen) atoms. The van der Waals surface area contributed by atoms with E-state index in [1.54, 1.807) is 11.4 Å². The smallest absolute Gasteiger partial charge is 0.311 e. The number of fused-ring (bicyclic) bond motifs is 1. The molecule has 9 nitrogen and oxygen atoms in total. The number of ether oxygens (including phenoxy) is 1. The van der Waals surface area contributed by atoms with Crippen molar-refractivity contribution in [2.75, 3.05) is 0 Å². The van der Waals surface area contributed by atoms with Crippen LogP contribution in [0.2, 0.25) is 0 Å². The fourth-order valence-electron chi connectivity index (χ4n) is 2.94. The van der Waals surface area contributed by atoms with Gasteiger partial charge in [-0.2, -0.15) is 10.1 Å². The summed E-state index contributed by atoms with van der Waals surface area (Å²) in [6.45, 7) is 5.39. The van der Waals surface area contributed by atoms with Crippen LogP contribution in [0.5, 0.6) is 0 Å². The zero-order valence-corrected chi connectivity index (χ0v) is 15.7. The van der Waals surface area contributed by atoms with Crippen molar-refractivity contribution >= 4 is 11.7 Å². The third kappa shape index (κ3) is 3.34.